The first-order valence-corrected chi connectivity index (χ1v) is 7.86. The zero-order valence-corrected chi connectivity index (χ0v) is 13.4. The molecule has 1 aromatic carbocycles. The first kappa shape index (κ1) is 15.7. The second-order valence-electron chi connectivity index (χ2n) is 6.04. The molecule has 1 aliphatic heterocycles. The van der Waals surface area contributed by atoms with Crippen molar-refractivity contribution in [3.63, 3.8) is 0 Å². The summed E-state index contributed by atoms with van der Waals surface area (Å²) >= 11 is 0. The van der Waals surface area contributed by atoms with Gasteiger partial charge in [0.15, 0.2) is 0 Å². The van der Waals surface area contributed by atoms with E-state index in [2.05, 4.69) is 15.0 Å². The summed E-state index contributed by atoms with van der Waals surface area (Å²) in [7, 11) is 0. The Labute approximate surface area is 135 Å². The largest absolute Gasteiger partial charge is 0.366 e. The van der Waals surface area contributed by atoms with Crippen molar-refractivity contribution < 1.29 is 9.32 Å². The molecule has 1 aliphatic rings. The monoisotopic (exact) mass is 314 g/mol. The van der Waals surface area contributed by atoms with Gasteiger partial charge in [0, 0.05) is 50.9 Å². The van der Waals surface area contributed by atoms with Gasteiger partial charge in [0.1, 0.15) is 5.76 Å². The van der Waals surface area contributed by atoms with E-state index < -0.39 is 0 Å². The van der Waals surface area contributed by atoms with Gasteiger partial charge >= 0.3 is 0 Å². The summed E-state index contributed by atoms with van der Waals surface area (Å²) in [4.78, 5) is 15.9. The third-order valence-electron chi connectivity index (χ3n) is 4.17. The standard InChI is InChI=1S/C17H22N4O2/c1-13-10-16(19-23-13)12-21-8-6-20(7-9-21)11-14-2-4-15(5-3-14)17(18)22/h2-5,10H,6-9,11-12H2,1H3,(H2,18,22). The van der Waals surface area contributed by atoms with Crippen LogP contribution in [-0.2, 0) is 13.1 Å². The van der Waals surface area contributed by atoms with E-state index in [1.165, 1.54) is 5.56 Å². The first-order chi connectivity index (χ1) is 11.1. The van der Waals surface area contributed by atoms with E-state index in [9.17, 15) is 4.79 Å². The van der Waals surface area contributed by atoms with Gasteiger partial charge in [0.05, 0.1) is 5.69 Å². The van der Waals surface area contributed by atoms with E-state index in [1.807, 2.05) is 25.1 Å². The fourth-order valence-electron chi connectivity index (χ4n) is 2.86. The van der Waals surface area contributed by atoms with Gasteiger partial charge in [-0.2, -0.15) is 0 Å². The molecule has 122 valence electrons. The van der Waals surface area contributed by atoms with E-state index in [-0.39, 0.29) is 5.91 Å². The molecule has 0 bridgehead atoms. The van der Waals surface area contributed by atoms with E-state index >= 15 is 0 Å². The van der Waals surface area contributed by atoms with Gasteiger partial charge < -0.3 is 10.3 Å². The summed E-state index contributed by atoms with van der Waals surface area (Å²) < 4.78 is 5.11. The van der Waals surface area contributed by atoms with Crippen molar-refractivity contribution in [1.29, 1.82) is 0 Å². The minimum atomic E-state index is -0.381. The molecule has 0 unspecified atom stereocenters. The first-order valence-electron chi connectivity index (χ1n) is 7.86. The lowest BCUT2D eigenvalue weighted by Gasteiger charge is -2.34. The van der Waals surface area contributed by atoms with Crippen LogP contribution in [0, 0.1) is 6.92 Å². The number of aromatic nitrogens is 1. The van der Waals surface area contributed by atoms with Gasteiger partial charge in [0.2, 0.25) is 5.91 Å². The summed E-state index contributed by atoms with van der Waals surface area (Å²) in [5, 5.41) is 4.05. The lowest BCUT2D eigenvalue weighted by Crippen LogP contribution is -2.45. The number of aryl methyl sites for hydroxylation is 1. The molecule has 6 nitrogen and oxygen atoms in total. The van der Waals surface area contributed by atoms with Crippen molar-refractivity contribution in [3.05, 3.63) is 52.9 Å². The fraction of sp³-hybridized carbons (Fsp3) is 0.412. The Morgan fingerprint density at radius 3 is 2.26 bits per heavy atom. The number of carbonyl (C=O) groups excluding carboxylic acids is 1. The SMILES string of the molecule is Cc1cc(CN2CCN(Cc3ccc(C(N)=O)cc3)CC2)no1. The molecular weight excluding hydrogens is 292 g/mol. The van der Waals surface area contributed by atoms with Crippen molar-refractivity contribution in [3.8, 4) is 0 Å². The van der Waals surface area contributed by atoms with Crippen LogP contribution in [-0.4, -0.2) is 47.0 Å². The van der Waals surface area contributed by atoms with Crippen molar-refractivity contribution in [2.24, 2.45) is 5.73 Å². The van der Waals surface area contributed by atoms with Crippen molar-refractivity contribution in [2.75, 3.05) is 26.2 Å². The van der Waals surface area contributed by atoms with Crippen LogP contribution in [0.5, 0.6) is 0 Å². The summed E-state index contributed by atoms with van der Waals surface area (Å²) in [5.74, 6) is 0.478. The van der Waals surface area contributed by atoms with Crippen LogP contribution >= 0.6 is 0 Å². The second-order valence-corrected chi connectivity index (χ2v) is 6.04. The molecule has 1 saturated heterocycles. The molecule has 0 spiro atoms. The number of rotatable bonds is 5. The van der Waals surface area contributed by atoms with Crippen molar-refractivity contribution >= 4 is 5.91 Å². The molecule has 23 heavy (non-hydrogen) atoms. The fourth-order valence-corrected chi connectivity index (χ4v) is 2.86. The molecule has 1 aromatic heterocycles. The number of piperazine rings is 1. The van der Waals surface area contributed by atoms with E-state index in [0.29, 0.717) is 5.56 Å². The molecule has 1 amide bonds. The van der Waals surface area contributed by atoms with Crippen molar-refractivity contribution in [1.82, 2.24) is 15.0 Å². The maximum atomic E-state index is 11.1. The Hall–Kier alpha value is -2.18. The topological polar surface area (TPSA) is 75.6 Å². The highest BCUT2D eigenvalue weighted by molar-refractivity contribution is 5.92. The molecule has 0 radical (unpaired) electrons. The minimum Gasteiger partial charge on any atom is -0.366 e. The summed E-state index contributed by atoms with van der Waals surface area (Å²) in [6, 6.07) is 9.53. The van der Waals surface area contributed by atoms with Crippen LogP contribution < -0.4 is 5.73 Å². The van der Waals surface area contributed by atoms with Gasteiger partial charge in [-0.25, -0.2) is 0 Å². The zero-order valence-electron chi connectivity index (χ0n) is 13.4. The Balaban J connectivity index is 1.48. The lowest BCUT2D eigenvalue weighted by atomic mass is 10.1. The Morgan fingerprint density at radius 2 is 1.74 bits per heavy atom. The zero-order chi connectivity index (χ0) is 16.2. The molecule has 2 aromatic rings. The Kier molecular flexibility index (Phi) is 4.73. The second kappa shape index (κ2) is 6.93. The van der Waals surface area contributed by atoms with E-state index in [1.54, 1.807) is 12.1 Å². The van der Waals surface area contributed by atoms with Crippen LogP contribution in [0.1, 0.15) is 27.4 Å². The smallest absolute Gasteiger partial charge is 0.248 e. The number of benzene rings is 1. The molecule has 1 fully saturated rings. The number of primary amides is 1. The number of carbonyl (C=O) groups is 1. The van der Waals surface area contributed by atoms with Gasteiger partial charge in [-0.15, -0.1) is 0 Å². The highest BCUT2D eigenvalue weighted by atomic mass is 16.5. The van der Waals surface area contributed by atoms with E-state index in [4.69, 9.17) is 10.3 Å². The Morgan fingerprint density at radius 1 is 1.13 bits per heavy atom. The van der Waals surface area contributed by atoms with E-state index in [0.717, 1.165) is 50.7 Å². The maximum Gasteiger partial charge on any atom is 0.248 e. The molecular formula is C17H22N4O2. The highest BCUT2D eigenvalue weighted by Gasteiger charge is 2.18. The maximum absolute atomic E-state index is 11.1. The molecule has 6 heteroatoms. The molecule has 2 heterocycles. The van der Waals surface area contributed by atoms with Gasteiger partial charge in [0.25, 0.3) is 0 Å². The van der Waals surface area contributed by atoms with Crippen LogP contribution in [0.15, 0.2) is 34.9 Å². The highest BCUT2D eigenvalue weighted by Crippen LogP contribution is 2.12. The molecule has 0 aliphatic carbocycles. The van der Waals surface area contributed by atoms with Crippen LogP contribution in [0.4, 0.5) is 0 Å². The average Bonchev–Trinajstić information content (AvgIpc) is 2.95. The number of nitrogens with two attached hydrogens (primary N) is 1. The van der Waals surface area contributed by atoms with Crippen LogP contribution in [0.25, 0.3) is 0 Å². The average molecular weight is 314 g/mol. The quantitative estimate of drug-likeness (QED) is 0.903. The third kappa shape index (κ3) is 4.18. The third-order valence-corrected chi connectivity index (χ3v) is 4.17. The van der Waals surface area contributed by atoms with Crippen LogP contribution in [0.3, 0.4) is 0 Å². The minimum absolute atomic E-state index is 0.381. The lowest BCUT2D eigenvalue weighted by molar-refractivity contribution is 0.1000. The molecule has 2 N–H and O–H groups in total. The summed E-state index contributed by atoms with van der Waals surface area (Å²) in [5.41, 5.74) is 8.02. The predicted octanol–water partition coefficient (Wildman–Crippen LogP) is 1.40. The summed E-state index contributed by atoms with van der Waals surface area (Å²) in [6.07, 6.45) is 0. The van der Waals surface area contributed by atoms with Gasteiger partial charge in [-0.05, 0) is 24.6 Å². The molecule has 3 rings (SSSR count). The van der Waals surface area contributed by atoms with Gasteiger partial charge in [-0.1, -0.05) is 17.3 Å². The predicted molar refractivity (Wildman–Crippen MR) is 86.8 cm³/mol. The molecule has 0 atom stereocenters. The van der Waals surface area contributed by atoms with Gasteiger partial charge in [-0.3, -0.25) is 14.6 Å². The van der Waals surface area contributed by atoms with Crippen molar-refractivity contribution in [2.45, 2.75) is 20.0 Å². The molecule has 0 saturated carbocycles. The van der Waals surface area contributed by atoms with Crippen LogP contribution in [0.2, 0.25) is 0 Å². The number of nitrogens with zero attached hydrogens (tertiary/aromatic N) is 3. The summed E-state index contributed by atoms with van der Waals surface area (Å²) in [6.45, 7) is 7.74. The number of hydrogen-bond acceptors (Lipinski definition) is 5. The Bertz CT molecular complexity index is 657. The number of amides is 1. The normalized spacial score (nSPS) is 16.6. The number of hydrogen-bond donors (Lipinski definition) is 1.